The highest BCUT2D eigenvalue weighted by atomic mass is 32.2. The number of hydrogen-bond acceptors (Lipinski definition) is 4. The largest absolute Gasteiger partial charge is 0.494 e. The van der Waals surface area contributed by atoms with Crippen molar-refractivity contribution in [3.05, 3.63) is 59.9 Å². The van der Waals surface area contributed by atoms with Crippen LogP contribution in [0.2, 0.25) is 0 Å². The van der Waals surface area contributed by atoms with Crippen molar-refractivity contribution in [3.63, 3.8) is 0 Å². The quantitative estimate of drug-likeness (QED) is 0.594. The molecule has 3 rings (SSSR count). The van der Waals surface area contributed by atoms with Crippen molar-refractivity contribution in [3.8, 4) is 5.75 Å². The molecule has 140 valence electrons. The van der Waals surface area contributed by atoms with E-state index in [0.717, 1.165) is 21.5 Å². The number of nitrogens with zero attached hydrogens (tertiary/aromatic N) is 1. The molecule has 3 aromatic rings. The first-order valence-electron chi connectivity index (χ1n) is 8.69. The van der Waals surface area contributed by atoms with Crippen LogP contribution in [-0.2, 0) is 4.79 Å². The molecule has 1 N–H and O–H groups in total. The van der Waals surface area contributed by atoms with E-state index < -0.39 is 0 Å². The minimum atomic E-state index is -0.334. The number of carbonyl (C=O) groups excluding carboxylic acids is 1. The van der Waals surface area contributed by atoms with E-state index in [-0.39, 0.29) is 17.0 Å². The summed E-state index contributed by atoms with van der Waals surface area (Å²) in [6, 6.07) is 13.6. The van der Waals surface area contributed by atoms with Gasteiger partial charge >= 0.3 is 0 Å². The molecule has 1 unspecified atom stereocenters. The SMILES string of the molecule is CCC(Sc1cc(C)c2cccc(OC)c2n1)C(=O)Nc1ccc(F)cc1. The summed E-state index contributed by atoms with van der Waals surface area (Å²) in [5.41, 5.74) is 2.44. The number of fused-ring (bicyclic) bond motifs is 1. The number of ether oxygens (including phenoxy) is 1. The molecule has 0 saturated heterocycles. The molecule has 0 aliphatic heterocycles. The summed E-state index contributed by atoms with van der Waals surface area (Å²) in [4.78, 5) is 17.3. The zero-order valence-electron chi connectivity index (χ0n) is 15.5. The standard InChI is InChI=1S/C21H21FN2O2S/c1-4-18(21(25)23-15-10-8-14(22)9-11-15)27-19-12-13(2)16-6-5-7-17(26-3)20(16)24-19/h5-12,18H,4H2,1-3H3,(H,23,25). The number of nitrogens with one attached hydrogen (secondary N) is 1. The fourth-order valence-corrected chi connectivity index (χ4v) is 3.82. The summed E-state index contributed by atoms with van der Waals surface area (Å²) >= 11 is 1.41. The summed E-state index contributed by atoms with van der Waals surface area (Å²) in [6.45, 7) is 3.98. The average molecular weight is 384 g/mol. The van der Waals surface area contributed by atoms with Crippen LogP contribution in [0.1, 0.15) is 18.9 Å². The fourth-order valence-electron chi connectivity index (χ4n) is 2.81. The molecule has 0 aliphatic carbocycles. The molecule has 0 fully saturated rings. The number of methoxy groups -OCH3 is 1. The Kier molecular flexibility index (Phi) is 5.96. The van der Waals surface area contributed by atoms with Crippen LogP contribution in [0.5, 0.6) is 5.75 Å². The lowest BCUT2D eigenvalue weighted by molar-refractivity contribution is -0.115. The third kappa shape index (κ3) is 4.39. The number of carbonyl (C=O) groups is 1. The predicted octanol–water partition coefficient (Wildman–Crippen LogP) is 5.20. The van der Waals surface area contributed by atoms with Crippen LogP contribution in [0.15, 0.2) is 53.6 Å². The molecule has 0 radical (unpaired) electrons. The lowest BCUT2D eigenvalue weighted by atomic mass is 10.1. The van der Waals surface area contributed by atoms with Crippen molar-refractivity contribution in [2.24, 2.45) is 0 Å². The molecule has 6 heteroatoms. The van der Waals surface area contributed by atoms with E-state index in [1.807, 2.05) is 38.1 Å². The number of amides is 1. The van der Waals surface area contributed by atoms with Gasteiger partial charge in [-0.25, -0.2) is 9.37 Å². The Labute approximate surface area is 162 Å². The van der Waals surface area contributed by atoms with Gasteiger partial charge in [-0.2, -0.15) is 0 Å². The molecule has 1 heterocycles. The topological polar surface area (TPSA) is 51.2 Å². The van der Waals surface area contributed by atoms with Crippen molar-refractivity contribution in [2.45, 2.75) is 30.5 Å². The number of aromatic nitrogens is 1. The highest BCUT2D eigenvalue weighted by Crippen LogP contribution is 2.32. The Hall–Kier alpha value is -2.60. The molecular formula is C21H21FN2O2S. The van der Waals surface area contributed by atoms with Gasteiger partial charge in [-0.3, -0.25) is 4.79 Å². The van der Waals surface area contributed by atoms with Crippen LogP contribution in [0, 0.1) is 12.7 Å². The van der Waals surface area contributed by atoms with Gasteiger partial charge < -0.3 is 10.1 Å². The first-order valence-corrected chi connectivity index (χ1v) is 9.57. The number of aryl methyl sites for hydroxylation is 1. The molecule has 0 bridgehead atoms. The first kappa shape index (κ1) is 19.2. The van der Waals surface area contributed by atoms with Gasteiger partial charge in [0.2, 0.25) is 5.91 Å². The molecular weight excluding hydrogens is 363 g/mol. The maximum Gasteiger partial charge on any atom is 0.237 e. The Balaban J connectivity index is 1.83. The summed E-state index contributed by atoms with van der Waals surface area (Å²) in [5.74, 6) is 0.245. The number of thioether (sulfide) groups is 1. The second-order valence-corrected chi connectivity index (χ2v) is 7.37. The lowest BCUT2D eigenvalue weighted by Crippen LogP contribution is -2.24. The Morgan fingerprint density at radius 2 is 2.00 bits per heavy atom. The average Bonchev–Trinajstić information content (AvgIpc) is 2.67. The Morgan fingerprint density at radius 3 is 2.67 bits per heavy atom. The number of halogens is 1. The highest BCUT2D eigenvalue weighted by Gasteiger charge is 2.20. The van der Waals surface area contributed by atoms with Gasteiger partial charge in [0.05, 0.1) is 17.4 Å². The third-order valence-electron chi connectivity index (χ3n) is 4.24. The van der Waals surface area contributed by atoms with Crippen LogP contribution in [-0.4, -0.2) is 23.3 Å². The highest BCUT2D eigenvalue weighted by molar-refractivity contribution is 8.00. The number of benzene rings is 2. The van der Waals surface area contributed by atoms with E-state index in [0.29, 0.717) is 17.9 Å². The summed E-state index contributed by atoms with van der Waals surface area (Å²) in [7, 11) is 1.62. The van der Waals surface area contributed by atoms with E-state index >= 15 is 0 Å². The lowest BCUT2D eigenvalue weighted by Gasteiger charge is -2.16. The second kappa shape index (κ2) is 8.39. The Morgan fingerprint density at radius 1 is 1.26 bits per heavy atom. The summed E-state index contributed by atoms with van der Waals surface area (Å²) < 4.78 is 18.5. The van der Waals surface area contributed by atoms with E-state index in [9.17, 15) is 9.18 Å². The molecule has 0 saturated carbocycles. The molecule has 1 amide bonds. The van der Waals surface area contributed by atoms with E-state index in [2.05, 4.69) is 5.32 Å². The zero-order chi connectivity index (χ0) is 19.4. The smallest absolute Gasteiger partial charge is 0.237 e. The van der Waals surface area contributed by atoms with Crippen LogP contribution < -0.4 is 10.1 Å². The molecule has 0 aliphatic rings. The number of rotatable bonds is 6. The van der Waals surface area contributed by atoms with E-state index in [4.69, 9.17) is 9.72 Å². The molecule has 4 nitrogen and oxygen atoms in total. The number of hydrogen-bond donors (Lipinski definition) is 1. The van der Waals surface area contributed by atoms with E-state index in [1.165, 1.54) is 23.9 Å². The summed E-state index contributed by atoms with van der Waals surface area (Å²) in [6.07, 6.45) is 0.641. The van der Waals surface area contributed by atoms with Crippen LogP contribution in [0.25, 0.3) is 10.9 Å². The monoisotopic (exact) mass is 384 g/mol. The van der Waals surface area contributed by atoms with Gasteiger partial charge in [0, 0.05) is 11.1 Å². The summed E-state index contributed by atoms with van der Waals surface area (Å²) in [5, 5.41) is 4.32. The third-order valence-corrected chi connectivity index (χ3v) is 5.53. The molecule has 1 atom stereocenters. The van der Waals surface area contributed by atoms with Gasteiger partial charge in [0.1, 0.15) is 17.1 Å². The van der Waals surface area contributed by atoms with E-state index in [1.54, 1.807) is 19.2 Å². The molecule has 1 aromatic heterocycles. The normalized spacial score (nSPS) is 12.0. The van der Waals surface area contributed by atoms with Crippen molar-refractivity contribution >= 4 is 34.3 Å². The number of para-hydroxylation sites is 1. The maximum atomic E-state index is 13.0. The minimum absolute atomic E-state index is 0.131. The maximum absolute atomic E-state index is 13.0. The molecule has 27 heavy (non-hydrogen) atoms. The number of anilines is 1. The predicted molar refractivity (Wildman–Crippen MR) is 108 cm³/mol. The van der Waals surface area contributed by atoms with Gasteiger partial charge in [0.25, 0.3) is 0 Å². The second-order valence-electron chi connectivity index (χ2n) is 6.14. The van der Waals surface area contributed by atoms with Gasteiger partial charge in [-0.15, -0.1) is 0 Å². The van der Waals surface area contributed by atoms with Crippen molar-refractivity contribution < 1.29 is 13.9 Å². The van der Waals surface area contributed by atoms with Crippen molar-refractivity contribution in [1.82, 2.24) is 4.98 Å². The zero-order valence-corrected chi connectivity index (χ0v) is 16.3. The van der Waals surface area contributed by atoms with Crippen LogP contribution in [0.4, 0.5) is 10.1 Å². The van der Waals surface area contributed by atoms with Crippen molar-refractivity contribution in [1.29, 1.82) is 0 Å². The van der Waals surface area contributed by atoms with Crippen LogP contribution in [0.3, 0.4) is 0 Å². The molecule has 2 aromatic carbocycles. The van der Waals surface area contributed by atoms with Crippen molar-refractivity contribution in [2.75, 3.05) is 12.4 Å². The van der Waals surface area contributed by atoms with Gasteiger partial charge in [-0.05, 0) is 55.3 Å². The molecule has 0 spiro atoms. The fraction of sp³-hybridized carbons (Fsp3) is 0.238. The first-order chi connectivity index (χ1) is 13.0. The van der Waals surface area contributed by atoms with Crippen LogP contribution >= 0.6 is 11.8 Å². The van der Waals surface area contributed by atoms with Gasteiger partial charge in [0.15, 0.2) is 0 Å². The van der Waals surface area contributed by atoms with Gasteiger partial charge in [-0.1, -0.05) is 30.8 Å². The number of pyridine rings is 1. The minimum Gasteiger partial charge on any atom is -0.494 e. The Bertz CT molecular complexity index is 960.